The summed E-state index contributed by atoms with van der Waals surface area (Å²) < 4.78 is 0. The van der Waals surface area contributed by atoms with Crippen LogP contribution < -0.4 is 0 Å². The smallest absolute Gasteiger partial charge is 0.264 e. The zero-order chi connectivity index (χ0) is 12.1. The first-order valence-corrected chi connectivity index (χ1v) is 4.95. The fourth-order valence-electron chi connectivity index (χ4n) is 1.29. The van der Waals surface area contributed by atoms with Crippen molar-refractivity contribution in [2.24, 2.45) is 0 Å². The van der Waals surface area contributed by atoms with Gasteiger partial charge in [0.1, 0.15) is 11.6 Å². The maximum absolute atomic E-state index is 11.6. The molecule has 0 fully saturated rings. The van der Waals surface area contributed by atoms with Crippen molar-refractivity contribution in [1.82, 2.24) is 4.90 Å². The fraction of sp³-hybridized carbons (Fsp3) is 0.231. The van der Waals surface area contributed by atoms with Crippen molar-refractivity contribution in [3.8, 4) is 6.07 Å². The molecule has 0 aliphatic heterocycles. The zero-order valence-electron chi connectivity index (χ0n) is 9.69. The summed E-state index contributed by atoms with van der Waals surface area (Å²) >= 11 is 0. The number of hydrogen-bond acceptors (Lipinski definition) is 2. The molecule has 0 atom stereocenters. The van der Waals surface area contributed by atoms with Crippen LogP contribution in [-0.2, 0) is 4.79 Å². The summed E-state index contributed by atoms with van der Waals surface area (Å²) in [5, 5.41) is 8.93. The maximum Gasteiger partial charge on any atom is 0.264 e. The molecule has 0 saturated carbocycles. The predicted octanol–water partition coefficient (Wildman–Crippen LogP) is 1.99. The third kappa shape index (κ3) is 2.71. The van der Waals surface area contributed by atoms with Gasteiger partial charge >= 0.3 is 0 Å². The van der Waals surface area contributed by atoms with Crippen molar-refractivity contribution in [3.63, 3.8) is 0 Å². The zero-order valence-corrected chi connectivity index (χ0v) is 9.69. The summed E-state index contributed by atoms with van der Waals surface area (Å²) in [6.07, 6.45) is 1.62. The van der Waals surface area contributed by atoms with Gasteiger partial charge in [0, 0.05) is 14.1 Å². The Hall–Kier alpha value is -2.08. The Morgan fingerprint density at radius 2 is 2.00 bits per heavy atom. The molecule has 1 aromatic carbocycles. The molecule has 0 bridgehead atoms. The second-order valence-corrected chi connectivity index (χ2v) is 3.73. The highest BCUT2D eigenvalue weighted by Crippen LogP contribution is 2.12. The summed E-state index contributed by atoms with van der Waals surface area (Å²) in [6, 6.07) is 9.56. The Balaban J connectivity index is 3.12. The minimum atomic E-state index is -0.272. The second kappa shape index (κ2) is 5.13. The molecule has 1 aromatic rings. The van der Waals surface area contributed by atoms with E-state index in [4.69, 9.17) is 5.26 Å². The molecule has 1 rings (SSSR count). The average molecular weight is 214 g/mol. The Bertz CT molecular complexity index is 467. The number of aryl methyl sites for hydroxylation is 1. The molecular weight excluding hydrogens is 200 g/mol. The minimum Gasteiger partial charge on any atom is -0.344 e. The number of rotatable bonds is 2. The van der Waals surface area contributed by atoms with E-state index in [1.54, 1.807) is 20.2 Å². The molecule has 0 heterocycles. The van der Waals surface area contributed by atoms with Crippen molar-refractivity contribution in [3.05, 3.63) is 41.0 Å². The predicted molar refractivity (Wildman–Crippen MR) is 63.5 cm³/mol. The molecule has 3 heteroatoms. The molecular formula is C13H14N2O. The Kier molecular flexibility index (Phi) is 3.84. The number of amides is 1. The lowest BCUT2D eigenvalue weighted by Crippen LogP contribution is -2.22. The normalized spacial score (nSPS) is 10.8. The lowest BCUT2D eigenvalue weighted by Gasteiger charge is -2.09. The van der Waals surface area contributed by atoms with Crippen LogP contribution in [0.15, 0.2) is 29.8 Å². The SMILES string of the molecule is Cc1ccccc1/C=C(/C#N)C(=O)N(C)C. The van der Waals surface area contributed by atoms with E-state index >= 15 is 0 Å². The highest BCUT2D eigenvalue weighted by molar-refractivity contribution is 6.01. The first kappa shape index (κ1) is 12.0. The summed E-state index contributed by atoms with van der Waals surface area (Å²) in [5.74, 6) is -0.272. The number of carbonyl (C=O) groups excluding carboxylic acids is 1. The van der Waals surface area contributed by atoms with Crippen LogP contribution >= 0.6 is 0 Å². The van der Waals surface area contributed by atoms with Crippen LogP contribution in [0.2, 0.25) is 0 Å². The van der Waals surface area contributed by atoms with Crippen LogP contribution in [0.5, 0.6) is 0 Å². The van der Waals surface area contributed by atoms with Crippen LogP contribution in [0.4, 0.5) is 0 Å². The first-order chi connectivity index (χ1) is 7.56. The van der Waals surface area contributed by atoms with Crippen LogP contribution in [0.25, 0.3) is 6.08 Å². The van der Waals surface area contributed by atoms with Gasteiger partial charge in [-0.2, -0.15) is 5.26 Å². The fourth-order valence-corrected chi connectivity index (χ4v) is 1.29. The number of likely N-dealkylation sites (N-methyl/N-ethyl adjacent to an activating group) is 1. The van der Waals surface area contributed by atoms with Crippen LogP contribution in [0, 0.1) is 18.3 Å². The van der Waals surface area contributed by atoms with Crippen LogP contribution in [0.1, 0.15) is 11.1 Å². The van der Waals surface area contributed by atoms with Gasteiger partial charge in [0.15, 0.2) is 0 Å². The standard InChI is InChI=1S/C13H14N2O/c1-10-6-4-5-7-11(10)8-12(9-14)13(16)15(2)3/h4-8H,1-3H3/b12-8-. The monoisotopic (exact) mass is 214 g/mol. The van der Waals surface area contributed by atoms with E-state index in [2.05, 4.69) is 0 Å². The topological polar surface area (TPSA) is 44.1 Å². The van der Waals surface area contributed by atoms with E-state index in [0.717, 1.165) is 11.1 Å². The minimum absolute atomic E-state index is 0.152. The first-order valence-electron chi connectivity index (χ1n) is 4.95. The molecule has 0 aromatic heterocycles. The van der Waals surface area contributed by atoms with Gasteiger partial charge in [-0.1, -0.05) is 24.3 Å². The third-order valence-corrected chi connectivity index (χ3v) is 2.25. The van der Waals surface area contributed by atoms with Gasteiger partial charge in [-0.25, -0.2) is 0 Å². The number of nitrogens with zero attached hydrogens (tertiary/aromatic N) is 2. The molecule has 1 amide bonds. The van der Waals surface area contributed by atoms with E-state index in [0.29, 0.717) is 0 Å². The summed E-state index contributed by atoms with van der Waals surface area (Å²) in [5.41, 5.74) is 2.09. The molecule has 0 spiro atoms. The number of benzene rings is 1. The van der Waals surface area contributed by atoms with Crippen molar-refractivity contribution < 1.29 is 4.79 Å². The molecule has 16 heavy (non-hydrogen) atoms. The lowest BCUT2D eigenvalue weighted by atomic mass is 10.1. The summed E-state index contributed by atoms with van der Waals surface area (Å²) in [7, 11) is 3.26. The number of carbonyl (C=O) groups is 1. The van der Waals surface area contributed by atoms with E-state index < -0.39 is 0 Å². The Labute approximate surface area is 95.6 Å². The lowest BCUT2D eigenvalue weighted by molar-refractivity contribution is -0.124. The quantitative estimate of drug-likeness (QED) is 0.558. The maximum atomic E-state index is 11.6. The Morgan fingerprint density at radius 3 is 2.50 bits per heavy atom. The van der Waals surface area contributed by atoms with Crippen LogP contribution in [0.3, 0.4) is 0 Å². The summed E-state index contributed by atoms with van der Waals surface area (Å²) in [4.78, 5) is 13.0. The highest BCUT2D eigenvalue weighted by atomic mass is 16.2. The van der Waals surface area contributed by atoms with E-state index in [1.807, 2.05) is 37.3 Å². The van der Waals surface area contributed by atoms with E-state index in [1.165, 1.54) is 4.90 Å². The Morgan fingerprint density at radius 1 is 1.38 bits per heavy atom. The number of hydrogen-bond donors (Lipinski definition) is 0. The average Bonchev–Trinajstić information content (AvgIpc) is 2.27. The van der Waals surface area contributed by atoms with Gasteiger partial charge in [0.25, 0.3) is 5.91 Å². The molecule has 0 unspecified atom stereocenters. The van der Waals surface area contributed by atoms with Gasteiger partial charge in [0.2, 0.25) is 0 Å². The van der Waals surface area contributed by atoms with Gasteiger partial charge in [-0.3, -0.25) is 4.79 Å². The molecule has 0 saturated heterocycles. The third-order valence-electron chi connectivity index (χ3n) is 2.25. The van der Waals surface area contributed by atoms with Gasteiger partial charge < -0.3 is 4.90 Å². The molecule has 0 N–H and O–H groups in total. The molecule has 0 radical (unpaired) electrons. The second-order valence-electron chi connectivity index (χ2n) is 3.73. The van der Waals surface area contributed by atoms with Gasteiger partial charge in [0.05, 0.1) is 0 Å². The van der Waals surface area contributed by atoms with Crippen LogP contribution in [-0.4, -0.2) is 24.9 Å². The molecule has 82 valence electrons. The van der Waals surface area contributed by atoms with Crippen molar-refractivity contribution >= 4 is 12.0 Å². The highest BCUT2D eigenvalue weighted by Gasteiger charge is 2.11. The number of nitriles is 1. The van der Waals surface area contributed by atoms with E-state index in [-0.39, 0.29) is 11.5 Å². The molecule has 0 aliphatic carbocycles. The van der Waals surface area contributed by atoms with Crippen molar-refractivity contribution in [2.45, 2.75) is 6.92 Å². The van der Waals surface area contributed by atoms with Gasteiger partial charge in [-0.05, 0) is 24.1 Å². The van der Waals surface area contributed by atoms with E-state index in [9.17, 15) is 4.79 Å². The van der Waals surface area contributed by atoms with Crippen molar-refractivity contribution in [1.29, 1.82) is 5.26 Å². The largest absolute Gasteiger partial charge is 0.344 e. The molecule has 0 aliphatic rings. The molecule has 3 nitrogen and oxygen atoms in total. The summed E-state index contributed by atoms with van der Waals surface area (Å²) in [6.45, 7) is 1.95. The van der Waals surface area contributed by atoms with Crippen molar-refractivity contribution in [2.75, 3.05) is 14.1 Å². The van der Waals surface area contributed by atoms with Gasteiger partial charge in [-0.15, -0.1) is 0 Å².